The molecule has 4 atom stereocenters. The highest BCUT2D eigenvalue weighted by molar-refractivity contribution is 6.74. The predicted molar refractivity (Wildman–Crippen MR) is 160 cm³/mol. The van der Waals surface area contributed by atoms with Crippen LogP contribution < -0.4 is 10.1 Å². The molecule has 1 saturated carbocycles. The van der Waals surface area contributed by atoms with Crippen LogP contribution in [0.4, 0.5) is 4.79 Å². The van der Waals surface area contributed by atoms with E-state index in [2.05, 4.69) is 39.2 Å². The Hall–Kier alpha value is -2.85. The van der Waals surface area contributed by atoms with E-state index in [9.17, 15) is 19.5 Å². The number of carboxylic acid groups (broad SMARTS) is 1. The molecular weight excluding hydrogens is 538 g/mol. The molecule has 2 N–H and O–H groups in total. The smallest absolute Gasteiger partial charge is 0.330 e. The summed E-state index contributed by atoms with van der Waals surface area (Å²) in [4.78, 5) is 43.8. The molecule has 1 aliphatic carbocycles. The van der Waals surface area contributed by atoms with E-state index in [1.54, 1.807) is 12.0 Å². The first-order chi connectivity index (χ1) is 19.3. The fraction of sp³-hybridized carbons (Fsp3) is 0.645. The number of hydrogen-bond donors (Lipinski definition) is 2. The van der Waals surface area contributed by atoms with Crippen LogP contribution in [0.3, 0.4) is 0 Å². The van der Waals surface area contributed by atoms with Crippen molar-refractivity contribution >= 4 is 26.2 Å². The molecule has 9 nitrogen and oxygen atoms in total. The lowest BCUT2D eigenvalue weighted by Crippen LogP contribution is -2.55. The fourth-order valence-corrected chi connectivity index (χ4v) is 6.94. The average molecular weight is 586 g/mol. The highest BCUT2D eigenvalue weighted by Gasteiger charge is 2.61. The van der Waals surface area contributed by atoms with E-state index in [1.165, 1.54) is 0 Å². The molecule has 2 fully saturated rings. The van der Waals surface area contributed by atoms with Crippen molar-refractivity contribution in [1.29, 1.82) is 0 Å². The fourth-order valence-electron chi connectivity index (χ4n) is 5.58. The minimum absolute atomic E-state index is 0.0305. The summed E-state index contributed by atoms with van der Waals surface area (Å²) in [6.07, 6.45) is 7.96. The molecule has 4 rings (SSSR count). The number of rotatable bonds is 6. The van der Waals surface area contributed by atoms with Gasteiger partial charge in [-0.05, 0) is 61.5 Å². The lowest BCUT2D eigenvalue weighted by Gasteiger charge is -2.38. The van der Waals surface area contributed by atoms with Gasteiger partial charge in [0.05, 0.1) is 13.2 Å². The first kappa shape index (κ1) is 31.1. The lowest BCUT2D eigenvalue weighted by atomic mass is 10.1. The van der Waals surface area contributed by atoms with Crippen molar-refractivity contribution in [3.8, 4) is 5.75 Å². The molecule has 2 heterocycles. The molecule has 226 valence electrons. The van der Waals surface area contributed by atoms with Crippen molar-refractivity contribution in [3.05, 3.63) is 42.0 Å². The number of carbonyl (C=O) groups excluding carboxylic acids is 2. The first-order valence-electron chi connectivity index (χ1n) is 14.9. The summed E-state index contributed by atoms with van der Waals surface area (Å²) >= 11 is 0. The maximum atomic E-state index is 14.2. The summed E-state index contributed by atoms with van der Waals surface area (Å²) in [6, 6.07) is 6.65. The van der Waals surface area contributed by atoms with Crippen LogP contribution in [0.1, 0.15) is 64.9 Å². The van der Waals surface area contributed by atoms with Gasteiger partial charge in [0.25, 0.3) is 0 Å². The Morgan fingerprint density at radius 2 is 1.85 bits per heavy atom. The van der Waals surface area contributed by atoms with Gasteiger partial charge in [0.1, 0.15) is 17.3 Å². The molecule has 0 bridgehead atoms. The zero-order valence-electron chi connectivity index (χ0n) is 25.4. The molecule has 0 aromatic heterocycles. The van der Waals surface area contributed by atoms with Gasteiger partial charge in [-0.15, -0.1) is 0 Å². The molecular formula is C31H47N3O6Si. The number of ether oxygens (including phenoxy) is 1. The van der Waals surface area contributed by atoms with Crippen LogP contribution in [0, 0.1) is 5.92 Å². The van der Waals surface area contributed by atoms with E-state index < -0.39 is 31.8 Å². The standard InChI is InChI=1S/C31H47N3O6Si/c1-30(2,3)41(5,6)40-25-18-26-27(35)32-31(28(36)37)19-23(31)12-10-8-7-9-11-17-33(29(38)34(26)21-25)20-22-13-15-24(39-4)16-14-22/h10,12-16,23,25-26H,7-9,11,17-21H2,1-6H3,(H,32,35)(H,36,37). The second-order valence-corrected chi connectivity index (χ2v) is 18.1. The van der Waals surface area contributed by atoms with Gasteiger partial charge in [-0.1, -0.05) is 51.5 Å². The predicted octanol–water partition coefficient (Wildman–Crippen LogP) is 5.17. The van der Waals surface area contributed by atoms with Crippen molar-refractivity contribution in [1.82, 2.24) is 15.1 Å². The Labute approximate surface area is 245 Å². The van der Waals surface area contributed by atoms with E-state index in [1.807, 2.05) is 41.3 Å². The van der Waals surface area contributed by atoms with Crippen molar-refractivity contribution < 1.29 is 28.7 Å². The minimum Gasteiger partial charge on any atom is -0.497 e. The molecule has 1 aromatic carbocycles. The monoisotopic (exact) mass is 585 g/mol. The van der Waals surface area contributed by atoms with Gasteiger partial charge in [-0.3, -0.25) is 4.79 Å². The first-order valence-corrected chi connectivity index (χ1v) is 17.8. The van der Waals surface area contributed by atoms with Gasteiger partial charge in [0.15, 0.2) is 8.32 Å². The number of fused-ring (bicyclic) bond motifs is 2. The molecule has 0 spiro atoms. The van der Waals surface area contributed by atoms with E-state index in [-0.39, 0.29) is 23.1 Å². The van der Waals surface area contributed by atoms with Crippen LogP contribution in [-0.2, 0) is 20.6 Å². The van der Waals surface area contributed by atoms with Crippen LogP contribution >= 0.6 is 0 Å². The number of amides is 3. The molecule has 3 amide bonds. The Bertz CT molecular complexity index is 1150. The van der Waals surface area contributed by atoms with Crippen LogP contribution in [0.5, 0.6) is 5.75 Å². The third-order valence-corrected chi connectivity index (χ3v) is 13.8. The SMILES string of the molecule is COc1ccc(CN2CCCCCC=CC3CC3(C(=O)O)NC(=O)C3CC(O[Si](C)(C)C(C)(C)C)CN3C2=O)cc1. The second-order valence-electron chi connectivity index (χ2n) is 13.3. The third-order valence-electron chi connectivity index (χ3n) is 9.29. The zero-order chi connectivity index (χ0) is 30.0. The van der Waals surface area contributed by atoms with Gasteiger partial charge in [0.2, 0.25) is 5.91 Å². The number of aliphatic carboxylic acids is 1. The molecule has 41 heavy (non-hydrogen) atoms. The molecule has 2 aliphatic heterocycles. The summed E-state index contributed by atoms with van der Waals surface area (Å²) < 4.78 is 12.0. The topological polar surface area (TPSA) is 108 Å². The van der Waals surface area contributed by atoms with Crippen molar-refractivity contribution in [2.45, 2.75) is 102 Å². The van der Waals surface area contributed by atoms with Gasteiger partial charge >= 0.3 is 12.0 Å². The molecule has 10 heteroatoms. The second kappa shape index (κ2) is 12.2. The largest absolute Gasteiger partial charge is 0.497 e. The van der Waals surface area contributed by atoms with E-state index in [0.717, 1.165) is 37.0 Å². The number of carbonyl (C=O) groups is 3. The van der Waals surface area contributed by atoms with Gasteiger partial charge in [-0.25, -0.2) is 9.59 Å². The van der Waals surface area contributed by atoms with Gasteiger partial charge in [0, 0.05) is 32.0 Å². The number of urea groups is 1. The maximum absolute atomic E-state index is 14.2. The van der Waals surface area contributed by atoms with Crippen molar-refractivity contribution in [2.24, 2.45) is 5.92 Å². The maximum Gasteiger partial charge on any atom is 0.330 e. The van der Waals surface area contributed by atoms with Crippen molar-refractivity contribution in [2.75, 3.05) is 20.2 Å². The number of nitrogens with one attached hydrogen (secondary N) is 1. The molecule has 1 saturated heterocycles. The van der Waals surface area contributed by atoms with Crippen molar-refractivity contribution in [3.63, 3.8) is 0 Å². The van der Waals surface area contributed by atoms with Crippen LogP contribution in [0.25, 0.3) is 0 Å². The summed E-state index contributed by atoms with van der Waals surface area (Å²) in [5.74, 6) is -0.948. The Morgan fingerprint density at radius 3 is 2.49 bits per heavy atom. The molecule has 0 radical (unpaired) electrons. The summed E-state index contributed by atoms with van der Waals surface area (Å²) in [5, 5.41) is 12.9. The summed E-state index contributed by atoms with van der Waals surface area (Å²) in [5.41, 5.74) is -0.344. The highest BCUT2D eigenvalue weighted by atomic mass is 28.4. The third kappa shape index (κ3) is 6.97. The van der Waals surface area contributed by atoms with E-state index in [4.69, 9.17) is 9.16 Å². The average Bonchev–Trinajstić information content (AvgIpc) is 3.44. The Balaban J connectivity index is 1.64. The van der Waals surface area contributed by atoms with E-state index in [0.29, 0.717) is 32.5 Å². The number of methoxy groups -OCH3 is 1. The van der Waals surface area contributed by atoms with Crippen LogP contribution in [0.15, 0.2) is 36.4 Å². The normalized spacial score (nSPS) is 27.8. The Kier molecular flexibility index (Phi) is 9.23. The zero-order valence-corrected chi connectivity index (χ0v) is 26.4. The number of carboxylic acids is 1. The number of hydrogen-bond acceptors (Lipinski definition) is 5. The van der Waals surface area contributed by atoms with Crippen LogP contribution in [-0.4, -0.2) is 79.0 Å². The molecule has 1 aromatic rings. The molecule has 3 aliphatic rings. The lowest BCUT2D eigenvalue weighted by molar-refractivity contribution is -0.144. The number of allylic oxidation sites excluding steroid dienone is 1. The molecule has 4 unspecified atom stereocenters. The van der Waals surface area contributed by atoms with Crippen LogP contribution in [0.2, 0.25) is 18.1 Å². The quantitative estimate of drug-likeness (QED) is 0.352. The summed E-state index contributed by atoms with van der Waals surface area (Å²) in [7, 11) is -0.560. The van der Waals surface area contributed by atoms with Gasteiger partial charge < -0.3 is 29.4 Å². The minimum atomic E-state index is -2.18. The number of benzene rings is 1. The van der Waals surface area contributed by atoms with Gasteiger partial charge in [-0.2, -0.15) is 0 Å². The highest BCUT2D eigenvalue weighted by Crippen LogP contribution is 2.46. The number of nitrogens with zero attached hydrogens (tertiary/aromatic N) is 2. The summed E-state index contributed by atoms with van der Waals surface area (Å²) in [6.45, 7) is 12.1. The van der Waals surface area contributed by atoms with E-state index >= 15 is 0 Å². The Morgan fingerprint density at radius 1 is 1.15 bits per heavy atom.